The molecule has 19 heavy (non-hydrogen) atoms. The molecule has 0 saturated carbocycles. The summed E-state index contributed by atoms with van der Waals surface area (Å²) in [6.45, 7) is 3.93. The largest absolute Gasteiger partial charge is 0.485 e. The monoisotopic (exact) mass is 267 g/mol. The molecule has 1 aromatic heterocycles. The van der Waals surface area contributed by atoms with E-state index < -0.39 is 5.97 Å². The van der Waals surface area contributed by atoms with Crippen molar-refractivity contribution in [2.24, 2.45) is 0 Å². The van der Waals surface area contributed by atoms with Crippen molar-refractivity contribution in [3.8, 4) is 0 Å². The highest BCUT2D eigenvalue weighted by molar-refractivity contribution is 5.89. The molecule has 0 unspecified atom stereocenters. The molecule has 106 valence electrons. The molecular formula is C13H21N3O3. The maximum Gasteiger partial charge on any atom is 0.371 e. The molecular weight excluding hydrogens is 246 g/mol. The second-order valence-corrected chi connectivity index (χ2v) is 4.50. The smallest absolute Gasteiger partial charge is 0.371 e. The fourth-order valence-corrected chi connectivity index (χ4v) is 1.47. The number of ether oxygens (including phenoxy) is 1. The highest BCUT2D eigenvalue weighted by Crippen LogP contribution is 2.07. The molecule has 0 saturated heterocycles. The summed E-state index contributed by atoms with van der Waals surface area (Å²) in [6, 6.07) is 0. The van der Waals surface area contributed by atoms with Crippen LogP contribution in [0.3, 0.4) is 0 Å². The first-order chi connectivity index (χ1) is 9.02. The van der Waals surface area contributed by atoms with Crippen molar-refractivity contribution in [3.05, 3.63) is 24.0 Å². The molecule has 1 N–H and O–H groups in total. The number of aliphatic carboxylic acids is 1. The number of likely N-dealkylation sites (N-methyl/N-ethyl adjacent to an activating group) is 1. The van der Waals surface area contributed by atoms with Crippen LogP contribution in [0.2, 0.25) is 0 Å². The van der Waals surface area contributed by atoms with Gasteiger partial charge in [-0.25, -0.2) is 9.78 Å². The molecule has 0 amide bonds. The Kier molecular flexibility index (Phi) is 6.08. The Morgan fingerprint density at radius 3 is 2.89 bits per heavy atom. The molecule has 0 aliphatic heterocycles. The quantitative estimate of drug-likeness (QED) is 0.568. The van der Waals surface area contributed by atoms with E-state index in [0.29, 0.717) is 18.8 Å². The minimum Gasteiger partial charge on any atom is -0.485 e. The molecule has 0 bridgehead atoms. The van der Waals surface area contributed by atoms with Gasteiger partial charge in [-0.05, 0) is 20.5 Å². The Bertz CT molecular complexity index is 438. The molecule has 6 nitrogen and oxygen atoms in total. The van der Waals surface area contributed by atoms with Gasteiger partial charge in [-0.3, -0.25) is 0 Å². The summed E-state index contributed by atoms with van der Waals surface area (Å²) in [6.07, 6.45) is 5.95. The zero-order valence-electron chi connectivity index (χ0n) is 11.7. The van der Waals surface area contributed by atoms with Gasteiger partial charge in [-0.1, -0.05) is 6.92 Å². The predicted octanol–water partition coefficient (Wildman–Crippen LogP) is 1.30. The summed E-state index contributed by atoms with van der Waals surface area (Å²) in [5, 5.41) is 9.07. The van der Waals surface area contributed by atoms with Crippen molar-refractivity contribution >= 4 is 12.0 Å². The van der Waals surface area contributed by atoms with E-state index in [1.165, 1.54) is 6.08 Å². The first kappa shape index (κ1) is 15.2. The SMILES string of the molecule is CCCn1cnc(/C=C(/OCCN(C)C)C(=O)O)c1. The molecule has 0 aliphatic carbocycles. The van der Waals surface area contributed by atoms with E-state index in [4.69, 9.17) is 9.84 Å². The van der Waals surface area contributed by atoms with Gasteiger partial charge in [0.25, 0.3) is 0 Å². The van der Waals surface area contributed by atoms with Gasteiger partial charge in [0.05, 0.1) is 12.0 Å². The van der Waals surface area contributed by atoms with E-state index in [0.717, 1.165) is 13.0 Å². The number of aromatic nitrogens is 2. The lowest BCUT2D eigenvalue weighted by atomic mass is 10.3. The molecule has 6 heteroatoms. The van der Waals surface area contributed by atoms with E-state index in [-0.39, 0.29) is 5.76 Å². The number of aryl methyl sites for hydroxylation is 1. The summed E-state index contributed by atoms with van der Waals surface area (Å²) < 4.78 is 7.18. The topological polar surface area (TPSA) is 67.6 Å². The van der Waals surface area contributed by atoms with Crippen LogP contribution in [0.4, 0.5) is 0 Å². The minimum atomic E-state index is -1.08. The van der Waals surface area contributed by atoms with Gasteiger partial charge in [-0.15, -0.1) is 0 Å². The van der Waals surface area contributed by atoms with Crippen LogP contribution in [0.1, 0.15) is 19.0 Å². The highest BCUT2D eigenvalue weighted by atomic mass is 16.5. The number of imidazole rings is 1. The third kappa shape index (κ3) is 5.56. The molecule has 0 aromatic carbocycles. The lowest BCUT2D eigenvalue weighted by Crippen LogP contribution is -2.19. The van der Waals surface area contributed by atoms with Crippen LogP contribution in [0.15, 0.2) is 18.3 Å². The second-order valence-electron chi connectivity index (χ2n) is 4.50. The van der Waals surface area contributed by atoms with Crippen molar-refractivity contribution in [3.63, 3.8) is 0 Å². The number of nitrogens with zero attached hydrogens (tertiary/aromatic N) is 3. The Balaban J connectivity index is 2.68. The summed E-state index contributed by atoms with van der Waals surface area (Å²) in [5.74, 6) is -1.16. The second kappa shape index (κ2) is 7.58. The van der Waals surface area contributed by atoms with Gasteiger partial charge in [0.15, 0.2) is 0 Å². The molecule has 0 aliphatic rings. The normalized spacial score (nSPS) is 11.9. The summed E-state index contributed by atoms with van der Waals surface area (Å²) in [5.41, 5.74) is 0.593. The van der Waals surface area contributed by atoms with Gasteiger partial charge in [-0.2, -0.15) is 0 Å². The number of hydrogen-bond acceptors (Lipinski definition) is 4. The predicted molar refractivity (Wildman–Crippen MR) is 72.6 cm³/mol. The molecule has 0 fully saturated rings. The van der Waals surface area contributed by atoms with Crippen molar-refractivity contribution in [1.82, 2.24) is 14.5 Å². The van der Waals surface area contributed by atoms with E-state index in [1.54, 1.807) is 6.33 Å². The van der Waals surface area contributed by atoms with Gasteiger partial charge < -0.3 is 19.3 Å². The van der Waals surface area contributed by atoms with Crippen molar-refractivity contribution in [2.45, 2.75) is 19.9 Å². The Morgan fingerprint density at radius 2 is 2.32 bits per heavy atom. The number of hydrogen-bond donors (Lipinski definition) is 1. The van der Waals surface area contributed by atoms with Crippen LogP contribution < -0.4 is 0 Å². The van der Waals surface area contributed by atoms with E-state index >= 15 is 0 Å². The average Bonchev–Trinajstić information content (AvgIpc) is 2.75. The van der Waals surface area contributed by atoms with E-state index in [2.05, 4.69) is 11.9 Å². The van der Waals surface area contributed by atoms with Crippen LogP contribution in [-0.2, 0) is 16.1 Å². The third-order valence-corrected chi connectivity index (χ3v) is 2.42. The van der Waals surface area contributed by atoms with Crippen molar-refractivity contribution < 1.29 is 14.6 Å². The molecule has 0 radical (unpaired) electrons. The zero-order valence-corrected chi connectivity index (χ0v) is 11.7. The van der Waals surface area contributed by atoms with Crippen LogP contribution in [-0.4, -0.2) is 52.8 Å². The van der Waals surface area contributed by atoms with Crippen LogP contribution in [0, 0.1) is 0 Å². The molecule has 1 rings (SSSR count). The fourth-order valence-electron chi connectivity index (χ4n) is 1.47. The van der Waals surface area contributed by atoms with Crippen molar-refractivity contribution in [2.75, 3.05) is 27.2 Å². The first-order valence-electron chi connectivity index (χ1n) is 6.27. The van der Waals surface area contributed by atoms with Gasteiger partial charge in [0, 0.05) is 25.4 Å². The van der Waals surface area contributed by atoms with E-state index in [9.17, 15) is 4.79 Å². The Hall–Kier alpha value is -1.82. The lowest BCUT2D eigenvalue weighted by Gasteiger charge is -2.10. The summed E-state index contributed by atoms with van der Waals surface area (Å²) in [4.78, 5) is 17.1. The zero-order chi connectivity index (χ0) is 14.3. The fraction of sp³-hybridized carbons (Fsp3) is 0.538. The van der Waals surface area contributed by atoms with E-state index in [1.807, 2.05) is 29.8 Å². The highest BCUT2D eigenvalue weighted by Gasteiger charge is 2.10. The maximum absolute atomic E-state index is 11.1. The minimum absolute atomic E-state index is 0.0800. The van der Waals surface area contributed by atoms with Crippen LogP contribution in [0.5, 0.6) is 0 Å². The van der Waals surface area contributed by atoms with Crippen LogP contribution in [0.25, 0.3) is 6.08 Å². The van der Waals surface area contributed by atoms with Gasteiger partial charge in [0.1, 0.15) is 6.61 Å². The van der Waals surface area contributed by atoms with Crippen molar-refractivity contribution in [1.29, 1.82) is 0 Å². The molecule has 0 spiro atoms. The van der Waals surface area contributed by atoms with Gasteiger partial charge in [0.2, 0.25) is 5.76 Å². The lowest BCUT2D eigenvalue weighted by molar-refractivity contribution is -0.136. The number of carboxylic acids is 1. The standard InChI is InChI=1S/C13H21N3O3/c1-4-5-16-9-11(14-10-16)8-12(13(17)18)19-7-6-15(2)3/h8-10H,4-7H2,1-3H3,(H,17,18)/b12-8+. The van der Waals surface area contributed by atoms with Crippen LogP contribution >= 0.6 is 0 Å². The molecule has 0 atom stereocenters. The first-order valence-corrected chi connectivity index (χ1v) is 6.27. The number of carbonyl (C=O) groups is 1. The summed E-state index contributed by atoms with van der Waals surface area (Å²) >= 11 is 0. The molecule has 1 heterocycles. The number of carboxylic acid groups (broad SMARTS) is 1. The Morgan fingerprint density at radius 1 is 1.58 bits per heavy atom. The number of rotatable bonds is 8. The maximum atomic E-state index is 11.1. The Labute approximate surface area is 113 Å². The van der Waals surface area contributed by atoms with Gasteiger partial charge >= 0.3 is 5.97 Å². The third-order valence-electron chi connectivity index (χ3n) is 2.42. The average molecular weight is 267 g/mol. The summed E-state index contributed by atoms with van der Waals surface area (Å²) in [7, 11) is 3.81. The molecule has 1 aromatic rings.